The number of thioether (sulfide) groups is 1. The number of aryl methyl sites for hydroxylation is 2. The highest BCUT2D eigenvalue weighted by atomic mass is 32.2. The average molecular weight is 253 g/mol. The first-order valence-corrected chi connectivity index (χ1v) is 5.93. The Morgan fingerprint density at radius 3 is 2.62 bits per heavy atom. The van der Waals surface area contributed by atoms with Gasteiger partial charge in [-0.05, 0) is 13.0 Å². The fourth-order valence-electron chi connectivity index (χ4n) is 1.45. The molecule has 1 aliphatic rings. The summed E-state index contributed by atoms with van der Waals surface area (Å²) in [6.45, 7) is 1.92. The van der Waals surface area contributed by atoms with Gasteiger partial charge in [-0.2, -0.15) is 5.10 Å². The van der Waals surface area contributed by atoms with Crippen LogP contribution >= 0.6 is 24.0 Å². The third-order valence-corrected chi connectivity index (χ3v) is 3.81. The topological polar surface area (TPSA) is 38.1 Å². The summed E-state index contributed by atoms with van der Waals surface area (Å²) >= 11 is 6.38. The van der Waals surface area contributed by atoms with Crippen LogP contribution in [0.1, 0.15) is 11.3 Å². The van der Waals surface area contributed by atoms with Crippen molar-refractivity contribution in [1.82, 2.24) is 14.7 Å². The molecule has 1 aromatic heterocycles. The molecule has 0 atom stereocenters. The van der Waals surface area contributed by atoms with E-state index in [1.165, 1.54) is 16.7 Å². The van der Waals surface area contributed by atoms with Gasteiger partial charge in [0.1, 0.15) is 4.32 Å². The van der Waals surface area contributed by atoms with Crippen LogP contribution in [0.4, 0.5) is 0 Å². The number of carbonyl (C=O) groups is 1. The smallest absolute Gasteiger partial charge is 0.265 e. The van der Waals surface area contributed by atoms with Gasteiger partial charge in [0.05, 0.1) is 10.6 Å². The number of rotatable bonds is 1. The van der Waals surface area contributed by atoms with E-state index in [9.17, 15) is 4.79 Å². The number of amides is 1. The van der Waals surface area contributed by atoms with Crippen molar-refractivity contribution in [3.63, 3.8) is 0 Å². The number of nitrogens with zero attached hydrogens (tertiary/aromatic N) is 3. The van der Waals surface area contributed by atoms with Crippen molar-refractivity contribution in [2.75, 3.05) is 7.05 Å². The molecule has 0 radical (unpaired) electrons. The van der Waals surface area contributed by atoms with Crippen LogP contribution in [0, 0.1) is 6.92 Å². The molecule has 1 saturated heterocycles. The zero-order valence-electron chi connectivity index (χ0n) is 9.22. The Balaban J connectivity index is 2.36. The minimum absolute atomic E-state index is 0.0433. The van der Waals surface area contributed by atoms with E-state index < -0.39 is 0 Å². The van der Waals surface area contributed by atoms with E-state index >= 15 is 0 Å². The van der Waals surface area contributed by atoms with Crippen molar-refractivity contribution in [1.29, 1.82) is 0 Å². The van der Waals surface area contributed by atoms with Crippen molar-refractivity contribution in [2.45, 2.75) is 6.92 Å². The minimum Gasteiger partial charge on any atom is -0.296 e. The monoisotopic (exact) mass is 253 g/mol. The molecule has 1 amide bonds. The Morgan fingerprint density at radius 1 is 1.50 bits per heavy atom. The van der Waals surface area contributed by atoms with Crippen LogP contribution in [-0.4, -0.2) is 32.0 Å². The molecule has 1 aromatic rings. The van der Waals surface area contributed by atoms with Gasteiger partial charge in [-0.15, -0.1) is 0 Å². The quantitative estimate of drug-likeness (QED) is 0.562. The molecular weight excluding hydrogens is 242 g/mol. The van der Waals surface area contributed by atoms with E-state index in [2.05, 4.69) is 5.10 Å². The lowest BCUT2D eigenvalue weighted by Gasteiger charge is -2.03. The second-order valence-electron chi connectivity index (χ2n) is 3.58. The Morgan fingerprint density at radius 2 is 2.19 bits per heavy atom. The molecule has 0 spiro atoms. The van der Waals surface area contributed by atoms with Crippen molar-refractivity contribution in [3.05, 3.63) is 22.4 Å². The fraction of sp³-hybridized carbons (Fsp3) is 0.300. The molecule has 16 heavy (non-hydrogen) atoms. The van der Waals surface area contributed by atoms with Gasteiger partial charge < -0.3 is 0 Å². The summed E-state index contributed by atoms with van der Waals surface area (Å²) in [6.07, 6.45) is 3.72. The van der Waals surface area contributed by atoms with E-state index in [-0.39, 0.29) is 5.91 Å². The van der Waals surface area contributed by atoms with Crippen molar-refractivity contribution < 1.29 is 4.79 Å². The van der Waals surface area contributed by atoms with Gasteiger partial charge >= 0.3 is 0 Å². The second kappa shape index (κ2) is 4.03. The summed E-state index contributed by atoms with van der Waals surface area (Å²) < 4.78 is 2.33. The van der Waals surface area contributed by atoms with Crippen LogP contribution < -0.4 is 0 Å². The first-order chi connectivity index (χ1) is 7.49. The van der Waals surface area contributed by atoms with Gasteiger partial charge in [0.25, 0.3) is 5.91 Å². The largest absolute Gasteiger partial charge is 0.296 e. The van der Waals surface area contributed by atoms with Crippen LogP contribution in [0.15, 0.2) is 11.1 Å². The third-order valence-electron chi connectivity index (χ3n) is 2.32. The molecule has 6 heteroatoms. The van der Waals surface area contributed by atoms with Gasteiger partial charge in [-0.3, -0.25) is 14.4 Å². The lowest BCUT2D eigenvalue weighted by atomic mass is 10.2. The Hall–Kier alpha value is -1.14. The molecule has 0 N–H and O–H groups in total. The molecule has 0 aromatic carbocycles. The van der Waals surface area contributed by atoms with Crippen LogP contribution in [0.2, 0.25) is 0 Å². The van der Waals surface area contributed by atoms with Crippen LogP contribution in [0.25, 0.3) is 6.08 Å². The Kier molecular flexibility index (Phi) is 2.86. The van der Waals surface area contributed by atoms with E-state index in [1.54, 1.807) is 11.7 Å². The number of hydrogen-bond donors (Lipinski definition) is 0. The van der Waals surface area contributed by atoms with E-state index in [0.717, 1.165) is 11.3 Å². The molecule has 84 valence electrons. The predicted molar refractivity (Wildman–Crippen MR) is 68.9 cm³/mol. The average Bonchev–Trinajstić information content (AvgIpc) is 2.64. The predicted octanol–water partition coefficient (Wildman–Crippen LogP) is 1.56. The van der Waals surface area contributed by atoms with Crippen LogP contribution in [-0.2, 0) is 11.8 Å². The number of aromatic nitrogens is 2. The molecule has 2 rings (SSSR count). The summed E-state index contributed by atoms with van der Waals surface area (Å²) in [6, 6.07) is 0. The van der Waals surface area contributed by atoms with Gasteiger partial charge in [0.15, 0.2) is 0 Å². The van der Waals surface area contributed by atoms with Crippen molar-refractivity contribution in [2.24, 2.45) is 7.05 Å². The molecule has 0 saturated carbocycles. The standard InChI is InChI=1S/C10H11N3OS2/c1-6-7(5-12(2)11-6)4-8-9(14)13(3)10(15)16-8/h4-5H,1-3H3/b8-4-. The maximum absolute atomic E-state index is 11.8. The maximum Gasteiger partial charge on any atom is 0.265 e. The highest BCUT2D eigenvalue weighted by Gasteiger charge is 2.28. The highest BCUT2D eigenvalue weighted by molar-refractivity contribution is 8.26. The van der Waals surface area contributed by atoms with Crippen LogP contribution in [0.3, 0.4) is 0 Å². The summed E-state index contributed by atoms with van der Waals surface area (Å²) in [5, 5.41) is 4.22. The number of hydrogen-bond acceptors (Lipinski definition) is 4. The van der Waals surface area contributed by atoms with E-state index in [0.29, 0.717) is 9.23 Å². The van der Waals surface area contributed by atoms with E-state index in [1.807, 2.05) is 26.2 Å². The zero-order valence-corrected chi connectivity index (χ0v) is 10.9. The first kappa shape index (κ1) is 11.3. The highest BCUT2D eigenvalue weighted by Crippen LogP contribution is 2.31. The molecule has 4 nitrogen and oxygen atoms in total. The molecule has 0 bridgehead atoms. The molecule has 2 heterocycles. The summed E-state index contributed by atoms with van der Waals surface area (Å²) in [5.41, 5.74) is 1.86. The molecule has 0 unspecified atom stereocenters. The minimum atomic E-state index is -0.0433. The van der Waals surface area contributed by atoms with Crippen molar-refractivity contribution >= 4 is 40.3 Å². The molecular formula is C10H11N3OS2. The maximum atomic E-state index is 11.8. The van der Waals surface area contributed by atoms with Gasteiger partial charge in [-0.25, -0.2) is 0 Å². The van der Waals surface area contributed by atoms with Gasteiger partial charge in [0, 0.05) is 25.9 Å². The van der Waals surface area contributed by atoms with Crippen molar-refractivity contribution in [3.8, 4) is 0 Å². The second-order valence-corrected chi connectivity index (χ2v) is 5.26. The number of likely N-dealkylation sites (N-methyl/N-ethyl adjacent to an activating group) is 1. The Bertz CT molecular complexity index is 504. The fourth-order valence-corrected chi connectivity index (χ4v) is 2.62. The van der Waals surface area contributed by atoms with Gasteiger partial charge in [-0.1, -0.05) is 24.0 Å². The first-order valence-electron chi connectivity index (χ1n) is 4.71. The molecule has 1 aliphatic heterocycles. The summed E-state index contributed by atoms with van der Waals surface area (Å²) in [7, 11) is 3.55. The number of thiocarbonyl (C=S) groups is 1. The number of carbonyl (C=O) groups excluding carboxylic acids is 1. The normalized spacial score (nSPS) is 18.9. The molecule has 0 aliphatic carbocycles. The summed E-state index contributed by atoms with van der Waals surface area (Å²) in [5.74, 6) is -0.0433. The molecule has 1 fully saturated rings. The Labute approximate surface area is 103 Å². The van der Waals surface area contributed by atoms with E-state index in [4.69, 9.17) is 12.2 Å². The van der Waals surface area contributed by atoms with Gasteiger partial charge in [0.2, 0.25) is 0 Å². The SMILES string of the molecule is Cc1nn(C)cc1/C=C1\SC(=S)N(C)C1=O. The summed E-state index contributed by atoms with van der Waals surface area (Å²) in [4.78, 5) is 13.9. The zero-order chi connectivity index (χ0) is 11.9. The lowest BCUT2D eigenvalue weighted by Crippen LogP contribution is -2.22. The van der Waals surface area contributed by atoms with Crippen LogP contribution in [0.5, 0.6) is 0 Å². The third kappa shape index (κ3) is 1.90. The lowest BCUT2D eigenvalue weighted by molar-refractivity contribution is -0.121.